The van der Waals surface area contributed by atoms with Crippen LogP contribution in [0.4, 0.5) is 0 Å². The minimum Gasteiger partial charge on any atom is -0.462 e. The number of unbranched alkanes of at least 4 members (excludes halogenated alkanes) is 10. The minimum absolute atomic E-state index is 0.0210. The van der Waals surface area contributed by atoms with E-state index in [1.807, 2.05) is 6.08 Å². The Morgan fingerprint density at radius 1 is 0.371 bits per heavy atom. The SMILES string of the molecule is CC/C=C\C/C=C\C/C=C\C/C=C\C/C=C\C/C=C\CCC(=O)OCC(COCCCCCC/C=C\C/C=C\C/C=C\CC)OC(=O)CCCCCCC/C=C\C/C=C\CCC. The summed E-state index contributed by atoms with van der Waals surface area (Å²) >= 11 is 0. The molecular formula is C57H90O5. The van der Waals surface area contributed by atoms with E-state index in [1.165, 1.54) is 25.7 Å². The van der Waals surface area contributed by atoms with Gasteiger partial charge in [0.25, 0.3) is 0 Å². The monoisotopic (exact) mass is 855 g/mol. The first-order chi connectivity index (χ1) is 30.6. The third-order valence-electron chi connectivity index (χ3n) is 9.65. The lowest BCUT2D eigenvalue weighted by Gasteiger charge is -2.18. The molecule has 0 aliphatic rings. The van der Waals surface area contributed by atoms with Crippen molar-refractivity contribution in [3.8, 4) is 0 Å². The lowest BCUT2D eigenvalue weighted by atomic mass is 10.1. The number of hydrogen-bond acceptors (Lipinski definition) is 5. The first-order valence-electron chi connectivity index (χ1n) is 24.7. The molecule has 0 spiro atoms. The Morgan fingerprint density at radius 3 is 1.23 bits per heavy atom. The summed E-state index contributed by atoms with van der Waals surface area (Å²) in [6.07, 6.45) is 73.3. The van der Waals surface area contributed by atoms with Gasteiger partial charge in [-0.25, -0.2) is 0 Å². The van der Waals surface area contributed by atoms with Crippen LogP contribution in [0.3, 0.4) is 0 Å². The molecule has 0 heterocycles. The summed E-state index contributed by atoms with van der Waals surface area (Å²) in [6, 6.07) is 0. The van der Waals surface area contributed by atoms with Gasteiger partial charge in [0, 0.05) is 19.4 Å². The second-order valence-corrected chi connectivity index (χ2v) is 15.6. The Kier molecular flexibility index (Phi) is 48.1. The molecule has 0 saturated carbocycles. The van der Waals surface area contributed by atoms with E-state index < -0.39 is 6.10 Å². The van der Waals surface area contributed by atoms with Gasteiger partial charge in [0.1, 0.15) is 6.61 Å². The molecule has 0 amide bonds. The van der Waals surface area contributed by atoms with Crippen molar-refractivity contribution in [2.24, 2.45) is 0 Å². The number of ether oxygens (including phenoxy) is 3. The summed E-state index contributed by atoms with van der Waals surface area (Å²) in [5, 5.41) is 0. The molecule has 0 fully saturated rings. The van der Waals surface area contributed by atoms with Crippen molar-refractivity contribution in [3.05, 3.63) is 134 Å². The Hall–Kier alpha value is -3.96. The smallest absolute Gasteiger partial charge is 0.306 e. The van der Waals surface area contributed by atoms with E-state index >= 15 is 0 Å². The molecule has 0 bridgehead atoms. The van der Waals surface area contributed by atoms with Gasteiger partial charge < -0.3 is 14.2 Å². The van der Waals surface area contributed by atoms with E-state index in [0.29, 0.717) is 19.4 Å². The van der Waals surface area contributed by atoms with E-state index in [0.717, 1.165) is 122 Å². The molecule has 0 aliphatic carbocycles. The summed E-state index contributed by atoms with van der Waals surface area (Å²) < 4.78 is 17.3. The Bertz CT molecular complexity index is 1330. The second kappa shape index (κ2) is 51.4. The minimum atomic E-state index is -0.595. The van der Waals surface area contributed by atoms with Gasteiger partial charge in [-0.1, -0.05) is 193 Å². The maximum absolute atomic E-state index is 12.8. The normalized spacial score (nSPS) is 13.4. The fourth-order valence-electron chi connectivity index (χ4n) is 6.06. The van der Waals surface area contributed by atoms with E-state index in [-0.39, 0.29) is 31.6 Å². The Morgan fingerprint density at radius 2 is 0.758 bits per heavy atom. The standard InChI is InChI=1S/C57H90O5/c1-4-7-10-13-16-19-22-25-27-28-29-30-31-33-35-38-41-44-47-50-56(58)61-54-55(53-60-52-49-46-43-40-37-34-26-23-20-17-14-11-8-5-2)62-57(59)51-48-45-42-39-36-32-24-21-18-15-12-9-6-3/h7-8,10-12,15-17,19-21,24-27,29-30,33-35,41,44,55H,4-6,9,13-14,18,22-23,28,31-32,36-40,42-43,45-54H2,1-3H3/b10-7-,11-8-,15-12-,19-16-,20-17-,24-21-,27-25-,30-29-,34-26-,35-33-,44-41-. The lowest BCUT2D eigenvalue weighted by Crippen LogP contribution is -2.30. The average Bonchev–Trinajstić information content (AvgIpc) is 3.27. The fraction of sp³-hybridized carbons (Fsp3) is 0.579. The number of esters is 2. The number of carbonyl (C=O) groups is 2. The van der Waals surface area contributed by atoms with Gasteiger partial charge in [-0.05, 0) is 116 Å². The van der Waals surface area contributed by atoms with Gasteiger partial charge in [-0.2, -0.15) is 0 Å². The number of carbonyl (C=O) groups excluding carboxylic acids is 2. The number of hydrogen-bond donors (Lipinski definition) is 0. The van der Waals surface area contributed by atoms with E-state index in [4.69, 9.17) is 14.2 Å². The van der Waals surface area contributed by atoms with Gasteiger partial charge in [-0.3, -0.25) is 9.59 Å². The zero-order chi connectivity index (χ0) is 44.9. The van der Waals surface area contributed by atoms with Crippen molar-refractivity contribution in [2.45, 2.75) is 194 Å². The molecule has 5 nitrogen and oxygen atoms in total. The van der Waals surface area contributed by atoms with Crippen LogP contribution in [0.15, 0.2) is 134 Å². The van der Waals surface area contributed by atoms with Gasteiger partial charge in [0.15, 0.2) is 6.10 Å². The van der Waals surface area contributed by atoms with Crippen molar-refractivity contribution in [3.63, 3.8) is 0 Å². The molecule has 348 valence electrons. The molecule has 0 aliphatic heterocycles. The van der Waals surface area contributed by atoms with Crippen molar-refractivity contribution in [2.75, 3.05) is 19.8 Å². The molecule has 1 unspecified atom stereocenters. The number of allylic oxidation sites excluding steroid dienone is 22. The predicted molar refractivity (Wildman–Crippen MR) is 269 cm³/mol. The van der Waals surface area contributed by atoms with Crippen LogP contribution < -0.4 is 0 Å². The molecule has 0 aromatic carbocycles. The average molecular weight is 855 g/mol. The van der Waals surface area contributed by atoms with E-state index in [9.17, 15) is 9.59 Å². The molecule has 1 atom stereocenters. The zero-order valence-electron chi connectivity index (χ0n) is 39.8. The predicted octanol–water partition coefficient (Wildman–Crippen LogP) is 16.8. The van der Waals surface area contributed by atoms with Gasteiger partial charge in [-0.15, -0.1) is 0 Å². The van der Waals surface area contributed by atoms with Crippen molar-refractivity contribution in [1.29, 1.82) is 0 Å². The molecule has 62 heavy (non-hydrogen) atoms. The molecule has 0 rings (SSSR count). The van der Waals surface area contributed by atoms with Crippen molar-refractivity contribution >= 4 is 11.9 Å². The van der Waals surface area contributed by atoms with Crippen LogP contribution in [0.2, 0.25) is 0 Å². The van der Waals surface area contributed by atoms with Crippen molar-refractivity contribution < 1.29 is 23.8 Å². The highest BCUT2D eigenvalue weighted by Crippen LogP contribution is 2.11. The molecule has 5 heteroatoms. The summed E-state index contributed by atoms with van der Waals surface area (Å²) in [5.41, 5.74) is 0. The van der Waals surface area contributed by atoms with Crippen LogP contribution in [-0.4, -0.2) is 37.9 Å². The second-order valence-electron chi connectivity index (χ2n) is 15.6. The number of rotatable bonds is 43. The van der Waals surface area contributed by atoms with Crippen molar-refractivity contribution in [1.82, 2.24) is 0 Å². The third kappa shape index (κ3) is 48.7. The van der Waals surface area contributed by atoms with Crippen LogP contribution in [0, 0.1) is 0 Å². The van der Waals surface area contributed by atoms with Gasteiger partial charge in [0.2, 0.25) is 0 Å². The zero-order valence-corrected chi connectivity index (χ0v) is 39.8. The first-order valence-corrected chi connectivity index (χ1v) is 24.7. The Labute approximate surface area is 381 Å². The maximum Gasteiger partial charge on any atom is 0.306 e. The summed E-state index contributed by atoms with van der Waals surface area (Å²) in [4.78, 5) is 25.3. The van der Waals surface area contributed by atoms with E-state index in [2.05, 4.69) is 148 Å². The fourth-order valence-corrected chi connectivity index (χ4v) is 6.06. The summed E-state index contributed by atoms with van der Waals surface area (Å²) in [7, 11) is 0. The molecule has 0 saturated heterocycles. The topological polar surface area (TPSA) is 61.8 Å². The largest absolute Gasteiger partial charge is 0.462 e. The van der Waals surface area contributed by atoms with Crippen LogP contribution in [0.5, 0.6) is 0 Å². The first kappa shape index (κ1) is 58.0. The van der Waals surface area contributed by atoms with E-state index in [1.54, 1.807) is 0 Å². The Balaban J connectivity index is 4.47. The summed E-state index contributed by atoms with van der Waals surface area (Å²) in [5.74, 6) is -0.536. The van der Waals surface area contributed by atoms with Gasteiger partial charge >= 0.3 is 11.9 Å². The molecule has 0 aromatic rings. The van der Waals surface area contributed by atoms with Crippen LogP contribution >= 0.6 is 0 Å². The molecular weight excluding hydrogens is 765 g/mol. The lowest BCUT2D eigenvalue weighted by molar-refractivity contribution is -0.162. The third-order valence-corrected chi connectivity index (χ3v) is 9.65. The maximum atomic E-state index is 12.8. The molecule has 0 aromatic heterocycles. The molecule has 0 radical (unpaired) electrons. The quantitative estimate of drug-likeness (QED) is 0.0347. The highest BCUT2D eigenvalue weighted by Gasteiger charge is 2.17. The van der Waals surface area contributed by atoms with Gasteiger partial charge in [0.05, 0.1) is 6.61 Å². The summed E-state index contributed by atoms with van der Waals surface area (Å²) in [6.45, 7) is 7.36. The highest BCUT2D eigenvalue weighted by molar-refractivity contribution is 5.70. The highest BCUT2D eigenvalue weighted by atomic mass is 16.6. The van der Waals surface area contributed by atoms with Crippen LogP contribution in [0.25, 0.3) is 0 Å². The van der Waals surface area contributed by atoms with Crippen LogP contribution in [0.1, 0.15) is 188 Å². The molecule has 0 N–H and O–H groups in total. The van der Waals surface area contributed by atoms with Crippen LogP contribution in [-0.2, 0) is 23.8 Å².